The SMILES string of the molecule is CC(NC(=O)/C=C/c1ccccc1)C(=O)N1CCC(C(=O)c2ccccc2)CC1. The summed E-state index contributed by atoms with van der Waals surface area (Å²) in [5.41, 5.74) is 1.65. The molecule has 2 aromatic rings. The van der Waals surface area contributed by atoms with Gasteiger partial charge in [-0.05, 0) is 31.4 Å². The van der Waals surface area contributed by atoms with Gasteiger partial charge in [-0.2, -0.15) is 0 Å². The van der Waals surface area contributed by atoms with Gasteiger partial charge < -0.3 is 10.2 Å². The lowest BCUT2D eigenvalue weighted by molar-refractivity contribution is -0.136. The smallest absolute Gasteiger partial charge is 0.244 e. The van der Waals surface area contributed by atoms with Gasteiger partial charge in [0.25, 0.3) is 0 Å². The zero-order valence-electron chi connectivity index (χ0n) is 16.6. The number of carbonyl (C=O) groups is 3. The van der Waals surface area contributed by atoms with Crippen LogP contribution >= 0.6 is 0 Å². The van der Waals surface area contributed by atoms with E-state index >= 15 is 0 Å². The first kappa shape index (κ1) is 20.5. The predicted molar refractivity (Wildman–Crippen MR) is 113 cm³/mol. The number of carbonyl (C=O) groups excluding carboxylic acids is 3. The van der Waals surface area contributed by atoms with Gasteiger partial charge in [-0.25, -0.2) is 0 Å². The Kier molecular flexibility index (Phi) is 6.95. The van der Waals surface area contributed by atoms with Gasteiger partial charge in [0.15, 0.2) is 5.78 Å². The normalized spacial score (nSPS) is 15.8. The monoisotopic (exact) mass is 390 g/mol. The second-order valence-electron chi connectivity index (χ2n) is 7.30. The topological polar surface area (TPSA) is 66.5 Å². The van der Waals surface area contributed by atoms with Crippen LogP contribution in [0.3, 0.4) is 0 Å². The molecule has 0 spiro atoms. The zero-order chi connectivity index (χ0) is 20.6. The Morgan fingerprint density at radius 2 is 1.55 bits per heavy atom. The number of hydrogen-bond donors (Lipinski definition) is 1. The van der Waals surface area contributed by atoms with Crippen LogP contribution in [-0.4, -0.2) is 41.6 Å². The third-order valence-electron chi connectivity index (χ3n) is 5.19. The summed E-state index contributed by atoms with van der Waals surface area (Å²) in [4.78, 5) is 39.1. The van der Waals surface area contributed by atoms with Crippen LogP contribution in [-0.2, 0) is 9.59 Å². The van der Waals surface area contributed by atoms with Gasteiger partial charge in [-0.3, -0.25) is 14.4 Å². The molecule has 1 fully saturated rings. The number of amides is 2. The summed E-state index contributed by atoms with van der Waals surface area (Å²) >= 11 is 0. The average Bonchev–Trinajstić information content (AvgIpc) is 2.78. The number of benzene rings is 2. The Labute approximate surface area is 171 Å². The molecule has 1 unspecified atom stereocenters. The molecule has 1 atom stereocenters. The summed E-state index contributed by atoms with van der Waals surface area (Å²) in [5, 5.41) is 2.72. The zero-order valence-corrected chi connectivity index (χ0v) is 16.6. The quantitative estimate of drug-likeness (QED) is 0.608. The first-order valence-electron chi connectivity index (χ1n) is 9.96. The number of Topliss-reactive ketones (excluding diaryl/α,β-unsaturated/α-hetero) is 1. The lowest BCUT2D eigenvalue weighted by Gasteiger charge is -2.33. The van der Waals surface area contributed by atoms with Gasteiger partial charge in [-0.15, -0.1) is 0 Å². The van der Waals surface area contributed by atoms with Crippen molar-refractivity contribution in [1.82, 2.24) is 10.2 Å². The Balaban J connectivity index is 1.48. The van der Waals surface area contributed by atoms with Gasteiger partial charge in [0, 0.05) is 30.6 Å². The molecule has 0 aliphatic carbocycles. The maximum atomic E-state index is 12.7. The Hall–Kier alpha value is -3.21. The molecule has 5 heteroatoms. The first-order valence-corrected chi connectivity index (χ1v) is 9.96. The van der Waals surface area contributed by atoms with Crippen molar-refractivity contribution in [3.8, 4) is 0 Å². The van der Waals surface area contributed by atoms with E-state index in [2.05, 4.69) is 5.32 Å². The number of ketones is 1. The van der Waals surface area contributed by atoms with E-state index in [1.807, 2.05) is 60.7 Å². The van der Waals surface area contributed by atoms with Crippen molar-refractivity contribution in [3.63, 3.8) is 0 Å². The van der Waals surface area contributed by atoms with E-state index in [1.54, 1.807) is 17.9 Å². The summed E-state index contributed by atoms with van der Waals surface area (Å²) in [6.07, 6.45) is 4.44. The molecular formula is C24H26N2O3. The summed E-state index contributed by atoms with van der Waals surface area (Å²) in [6, 6.07) is 18.2. The van der Waals surface area contributed by atoms with Gasteiger partial charge in [-0.1, -0.05) is 60.7 Å². The fourth-order valence-electron chi connectivity index (χ4n) is 3.53. The summed E-state index contributed by atoms with van der Waals surface area (Å²) < 4.78 is 0. The fourth-order valence-corrected chi connectivity index (χ4v) is 3.53. The summed E-state index contributed by atoms with van der Waals surface area (Å²) in [5.74, 6) is -0.328. The Morgan fingerprint density at radius 3 is 2.17 bits per heavy atom. The number of hydrogen-bond acceptors (Lipinski definition) is 3. The Morgan fingerprint density at radius 1 is 0.966 bits per heavy atom. The summed E-state index contributed by atoms with van der Waals surface area (Å²) in [6.45, 7) is 2.75. The van der Waals surface area contributed by atoms with Crippen molar-refractivity contribution in [3.05, 3.63) is 77.9 Å². The molecule has 2 amide bonds. The molecule has 29 heavy (non-hydrogen) atoms. The highest BCUT2D eigenvalue weighted by Crippen LogP contribution is 2.22. The highest BCUT2D eigenvalue weighted by molar-refractivity contribution is 5.98. The van der Waals surface area contributed by atoms with E-state index < -0.39 is 6.04 Å². The average molecular weight is 390 g/mol. The van der Waals surface area contributed by atoms with Crippen molar-refractivity contribution in [2.24, 2.45) is 5.92 Å². The largest absolute Gasteiger partial charge is 0.341 e. The minimum Gasteiger partial charge on any atom is -0.341 e. The molecule has 150 valence electrons. The van der Waals surface area contributed by atoms with Gasteiger partial charge in [0.1, 0.15) is 6.04 Å². The number of rotatable bonds is 6. The lowest BCUT2D eigenvalue weighted by atomic mass is 9.88. The minimum absolute atomic E-state index is 0.0554. The number of nitrogens with one attached hydrogen (secondary N) is 1. The van der Waals surface area contributed by atoms with Crippen LogP contribution in [0.5, 0.6) is 0 Å². The number of nitrogens with zero attached hydrogens (tertiary/aromatic N) is 1. The second kappa shape index (κ2) is 9.82. The first-order chi connectivity index (χ1) is 14.0. The highest BCUT2D eigenvalue weighted by atomic mass is 16.2. The van der Waals surface area contributed by atoms with Gasteiger partial charge in [0.05, 0.1) is 0 Å². The van der Waals surface area contributed by atoms with Crippen molar-refractivity contribution in [2.45, 2.75) is 25.8 Å². The molecule has 1 aliphatic rings. The van der Waals surface area contributed by atoms with Crippen LogP contribution < -0.4 is 5.32 Å². The van der Waals surface area contributed by atoms with Crippen molar-refractivity contribution < 1.29 is 14.4 Å². The molecule has 1 N–H and O–H groups in total. The van der Waals surface area contributed by atoms with Crippen molar-refractivity contribution >= 4 is 23.7 Å². The van der Waals surface area contributed by atoms with Crippen molar-refractivity contribution in [2.75, 3.05) is 13.1 Å². The molecule has 0 aromatic heterocycles. The van der Waals surface area contributed by atoms with E-state index in [0.717, 1.165) is 11.1 Å². The number of likely N-dealkylation sites (tertiary alicyclic amines) is 1. The molecule has 0 saturated carbocycles. The van der Waals surface area contributed by atoms with E-state index in [9.17, 15) is 14.4 Å². The van der Waals surface area contributed by atoms with Crippen molar-refractivity contribution in [1.29, 1.82) is 0 Å². The van der Waals surface area contributed by atoms with Crippen LogP contribution in [0, 0.1) is 5.92 Å². The molecule has 1 aliphatic heterocycles. The highest BCUT2D eigenvalue weighted by Gasteiger charge is 2.30. The maximum Gasteiger partial charge on any atom is 0.244 e. The molecule has 3 rings (SSSR count). The lowest BCUT2D eigenvalue weighted by Crippen LogP contribution is -2.49. The second-order valence-corrected chi connectivity index (χ2v) is 7.30. The predicted octanol–water partition coefficient (Wildman–Crippen LogP) is 3.33. The van der Waals surface area contributed by atoms with Crippen LogP contribution in [0.2, 0.25) is 0 Å². The molecule has 5 nitrogen and oxygen atoms in total. The standard InChI is InChI=1S/C24H26N2O3/c1-18(25-22(27)13-12-19-8-4-2-5-9-19)24(29)26-16-14-21(15-17-26)23(28)20-10-6-3-7-11-20/h2-13,18,21H,14-17H2,1H3,(H,25,27)/b13-12+. The van der Waals surface area contributed by atoms with E-state index in [-0.39, 0.29) is 23.5 Å². The van der Waals surface area contributed by atoms with Gasteiger partial charge >= 0.3 is 0 Å². The molecule has 2 aromatic carbocycles. The van der Waals surface area contributed by atoms with E-state index in [1.165, 1.54) is 6.08 Å². The van der Waals surface area contributed by atoms with Crippen LogP contribution in [0.25, 0.3) is 6.08 Å². The molecule has 0 bridgehead atoms. The maximum absolute atomic E-state index is 12.7. The third kappa shape index (κ3) is 5.64. The Bertz CT molecular complexity index is 870. The fraction of sp³-hybridized carbons (Fsp3) is 0.292. The van der Waals surface area contributed by atoms with Gasteiger partial charge in [0.2, 0.25) is 11.8 Å². The van der Waals surface area contributed by atoms with Crippen LogP contribution in [0.4, 0.5) is 0 Å². The van der Waals surface area contributed by atoms with Crippen LogP contribution in [0.15, 0.2) is 66.7 Å². The molecular weight excluding hydrogens is 364 g/mol. The summed E-state index contributed by atoms with van der Waals surface area (Å²) in [7, 11) is 0. The minimum atomic E-state index is -0.607. The third-order valence-corrected chi connectivity index (χ3v) is 5.19. The number of piperidine rings is 1. The molecule has 0 radical (unpaired) electrons. The molecule has 1 heterocycles. The van der Waals surface area contributed by atoms with Crippen LogP contribution in [0.1, 0.15) is 35.7 Å². The van der Waals surface area contributed by atoms with E-state index in [0.29, 0.717) is 25.9 Å². The van der Waals surface area contributed by atoms with E-state index in [4.69, 9.17) is 0 Å². The molecule has 1 saturated heterocycles.